The van der Waals surface area contributed by atoms with Crippen LogP contribution in [0.1, 0.15) is 45.6 Å². The number of amides is 1. The first-order valence-corrected chi connectivity index (χ1v) is 8.67. The van der Waals surface area contributed by atoms with E-state index >= 15 is 0 Å². The molecule has 1 atom stereocenters. The van der Waals surface area contributed by atoms with Crippen molar-refractivity contribution in [2.45, 2.75) is 58.1 Å². The predicted molar refractivity (Wildman–Crippen MR) is 87.6 cm³/mol. The highest BCUT2D eigenvalue weighted by Crippen LogP contribution is 2.46. The molecule has 6 heteroatoms. The Balaban J connectivity index is 2.07. The third-order valence-electron chi connectivity index (χ3n) is 4.26. The molecule has 1 fully saturated rings. The Hall–Kier alpha value is -1.17. The molecule has 0 radical (unpaired) electrons. The number of fused-ring (bicyclic) bond motifs is 1. The van der Waals surface area contributed by atoms with Gasteiger partial charge in [0.2, 0.25) is 0 Å². The zero-order valence-corrected chi connectivity index (χ0v) is 15.0. The van der Waals surface area contributed by atoms with Gasteiger partial charge in [0.25, 0.3) is 0 Å². The molecule has 1 aliphatic heterocycles. The van der Waals surface area contributed by atoms with Crippen molar-refractivity contribution >= 4 is 27.7 Å². The molecule has 1 aromatic carbocycles. The molecule has 1 aromatic rings. The number of ether oxygens (including phenoxy) is 1. The lowest BCUT2D eigenvalue weighted by atomic mass is 9.93. The number of hydrogen-bond donors (Lipinski definition) is 0. The van der Waals surface area contributed by atoms with Crippen LogP contribution in [0.5, 0.6) is 0 Å². The van der Waals surface area contributed by atoms with Gasteiger partial charge in [-0.05, 0) is 74.4 Å². The maximum atomic E-state index is 14.2. The van der Waals surface area contributed by atoms with Crippen molar-refractivity contribution in [1.82, 2.24) is 0 Å². The van der Waals surface area contributed by atoms with Gasteiger partial charge in [-0.15, -0.1) is 0 Å². The first kappa shape index (κ1) is 16.7. The Morgan fingerprint density at radius 1 is 1.30 bits per heavy atom. The second-order valence-corrected chi connectivity index (χ2v) is 8.13. The smallest absolute Gasteiger partial charge is 0.415 e. The molecule has 0 bridgehead atoms. The molecule has 3 rings (SSSR count). The van der Waals surface area contributed by atoms with Gasteiger partial charge in [0.1, 0.15) is 5.60 Å². The van der Waals surface area contributed by atoms with Gasteiger partial charge in [0, 0.05) is 16.1 Å². The first-order chi connectivity index (χ1) is 10.7. The van der Waals surface area contributed by atoms with Crippen LogP contribution in [-0.4, -0.2) is 17.7 Å². The normalized spacial score (nSPS) is 21.1. The Bertz CT molecular complexity index is 653. The number of carbonyl (C=O) groups excluding carboxylic acids is 1. The highest BCUT2D eigenvalue weighted by Gasteiger charge is 2.44. The molecule has 0 spiro atoms. The number of halogens is 3. The van der Waals surface area contributed by atoms with E-state index in [0.717, 1.165) is 18.9 Å². The molecule has 0 aromatic heterocycles. The van der Waals surface area contributed by atoms with Crippen molar-refractivity contribution in [1.29, 1.82) is 0 Å². The van der Waals surface area contributed by atoms with E-state index in [9.17, 15) is 13.6 Å². The lowest BCUT2D eigenvalue weighted by molar-refractivity contribution is 0.0555. The first-order valence-electron chi connectivity index (χ1n) is 7.87. The minimum atomic E-state index is -0.898. The van der Waals surface area contributed by atoms with Gasteiger partial charge in [-0.3, -0.25) is 4.90 Å². The summed E-state index contributed by atoms with van der Waals surface area (Å²) in [5.74, 6) is -1.36. The van der Waals surface area contributed by atoms with Crippen LogP contribution in [0.25, 0.3) is 0 Å². The molecular weight excluding hydrogens is 368 g/mol. The molecule has 3 nitrogen and oxygen atoms in total. The Morgan fingerprint density at radius 2 is 1.96 bits per heavy atom. The average molecular weight is 388 g/mol. The summed E-state index contributed by atoms with van der Waals surface area (Å²) >= 11 is 3.30. The van der Waals surface area contributed by atoms with Crippen LogP contribution < -0.4 is 4.90 Å². The van der Waals surface area contributed by atoms with Gasteiger partial charge in [-0.1, -0.05) is 0 Å². The summed E-state index contributed by atoms with van der Waals surface area (Å²) in [4.78, 5) is 14.3. The van der Waals surface area contributed by atoms with Gasteiger partial charge in [0.05, 0.1) is 5.69 Å². The molecule has 2 aliphatic rings. The fourth-order valence-corrected chi connectivity index (χ4v) is 3.81. The second-order valence-electron chi connectivity index (χ2n) is 7.28. The van der Waals surface area contributed by atoms with Crippen LogP contribution >= 0.6 is 15.9 Å². The van der Waals surface area contributed by atoms with E-state index in [1.165, 1.54) is 4.90 Å². The third kappa shape index (κ3) is 3.23. The Kier molecular flexibility index (Phi) is 4.15. The van der Waals surface area contributed by atoms with Crippen LogP contribution in [0.15, 0.2) is 10.5 Å². The molecule has 23 heavy (non-hydrogen) atoms. The summed E-state index contributed by atoms with van der Waals surface area (Å²) in [5, 5.41) is 0. The summed E-state index contributed by atoms with van der Waals surface area (Å²) in [7, 11) is 0. The maximum absolute atomic E-state index is 14.2. The largest absolute Gasteiger partial charge is 0.443 e. The lowest BCUT2D eigenvalue weighted by Gasteiger charge is -2.39. The zero-order valence-electron chi connectivity index (χ0n) is 13.5. The Morgan fingerprint density at radius 3 is 2.52 bits per heavy atom. The summed E-state index contributed by atoms with van der Waals surface area (Å²) in [6, 6.07) is 1.07. The summed E-state index contributed by atoms with van der Waals surface area (Å²) in [6.07, 6.45) is 2.67. The number of anilines is 1. The number of rotatable bonds is 1. The van der Waals surface area contributed by atoms with E-state index in [-0.39, 0.29) is 11.6 Å². The van der Waals surface area contributed by atoms with E-state index in [2.05, 4.69) is 15.9 Å². The number of nitrogens with zero attached hydrogens (tertiary/aromatic N) is 1. The van der Waals surface area contributed by atoms with Gasteiger partial charge in [-0.2, -0.15) is 0 Å². The molecule has 1 unspecified atom stereocenters. The molecule has 0 saturated heterocycles. The van der Waals surface area contributed by atoms with Crippen LogP contribution in [0.3, 0.4) is 0 Å². The van der Waals surface area contributed by atoms with Crippen LogP contribution in [0, 0.1) is 17.6 Å². The number of carbonyl (C=O) groups is 1. The molecule has 1 heterocycles. The topological polar surface area (TPSA) is 29.5 Å². The SMILES string of the molecule is CC(C)(C)OC(=O)N1c2c(Br)cc(F)c(F)c2CCC1C1CC1. The molecule has 1 aliphatic carbocycles. The number of hydrogen-bond acceptors (Lipinski definition) is 2. The third-order valence-corrected chi connectivity index (χ3v) is 4.86. The monoisotopic (exact) mass is 387 g/mol. The summed E-state index contributed by atoms with van der Waals surface area (Å²) in [5.41, 5.74) is 0.0225. The molecule has 0 N–H and O–H groups in total. The fourth-order valence-electron chi connectivity index (χ4n) is 3.18. The predicted octanol–water partition coefficient (Wildman–Crippen LogP) is 5.19. The average Bonchev–Trinajstić information content (AvgIpc) is 3.26. The fraction of sp³-hybridized carbons (Fsp3) is 0.588. The molecule has 126 valence electrons. The molecular formula is C17H20BrF2NO2. The quantitative estimate of drug-likeness (QED) is 0.620. The van der Waals surface area contributed by atoms with E-state index in [0.29, 0.717) is 28.9 Å². The van der Waals surface area contributed by atoms with Gasteiger partial charge < -0.3 is 4.74 Å². The van der Waals surface area contributed by atoms with Crippen molar-refractivity contribution in [2.24, 2.45) is 5.92 Å². The van der Waals surface area contributed by atoms with E-state index in [1.807, 2.05) is 0 Å². The van der Waals surface area contributed by atoms with E-state index in [4.69, 9.17) is 4.74 Å². The Labute approximate surface area is 143 Å². The summed E-state index contributed by atoms with van der Waals surface area (Å²) in [6.45, 7) is 5.38. The van der Waals surface area contributed by atoms with Crippen LogP contribution in [0.4, 0.5) is 19.3 Å². The summed E-state index contributed by atoms with van der Waals surface area (Å²) < 4.78 is 33.8. The van der Waals surface area contributed by atoms with Crippen molar-refractivity contribution in [3.8, 4) is 0 Å². The maximum Gasteiger partial charge on any atom is 0.415 e. The van der Waals surface area contributed by atoms with Crippen molar-refractivity contribution in [3.05, 3.63) is 27.7 Å². The van der Waals surface area contributed by atoms with Gasteiger partial charge in [-0.25, -0.2) is 13.6 Å². The zero-order chi connectivity index (χ0) is 16.9. The minimum Gasteiger partial charge on any atom is -0.443 e. The van der Waals surface area contributed by atoms with Gasteiger partial charge in [0.15, 0.2) is 11.6 Å². The van der Waals surface area contributed by atoms with Crippen LogP contribution in [0.2, 0.25) is 0 Å². The highest BCUT2D eigenvalue weighted by atomic mass is 79.9. The van der Waals surface area contributed by atoms with E-state index in [1.54, 1.807) is 20.8 Å². The standard InChI is InChI=1S/C17H20BrF2NO2/c1-17(2,3)23-16(22)21-13(9-4-5-9)7-6-10-14(20)12(19)8-11(18)15(10)21/h8-9,13H,4-7H2,1-3H3. The van der Waals surface area contributed by atoms with Crippen LogP contribution in [-0.2, 0) is 11.2 Å². The molecule has 1 saturated carbocycles. The minimum absolute atomic E-state index is 0.0153. The van der Waals surface area contributed by atoms with Gasteiger partial charge >= 0.3 is 6.09 Å². The second kappa shape index (κ2) is 5.72. The highest BCUT2D eigenvalue weighted by molar-refractivity contribution is 9.10. The van der Waals surface area contributed by atoms with E-state index < -0.39 is 23.3 Å². The van der Waals surface area contributed by atoms with Crippen molar-refractivity contribution in [2.75, 3.05) is 4.90 Å². The van der Waals surface area contributed by atoms with Crippen molar-refractivity contribution in [3.63, 3.8) is 0 Å². The molecule has 1 amide bonds. The lowest BCUT2D eigenvalue weighted by Crippen LogP contribution is -2.47. The number of benzene rings is 1. The van der Waals surface area contributed by atoms with Crippen molar-refractivity contribution < 1.29 is 18.3 Å².